The monoisotopic (exact) mass is 372 g/mol. The Balaban J connectivity index is 2.33. The Morgan fingerprint density at radius 2 is 2.10 bits per heavy atom. The van der Waals surface area contributed by atoms with Crippen molar-refractivity contribution in [1.29, 1.82) is 0 Å². The van der Waals surface area contributed by atoms with E-state index in [0.717, 1.165) is 0 Å². The van der Waals surface area contributed by atoms with Crippen LogP contribution in [0.5, 0.6) is 5.88 Å². The van der Waals surface area contributed by atoms with Gasteiger partial charge in [0.2, 0.25) is 5.88 Å². The minimum absolute atomic E-state index is 0.0462. The molecule has 0 amide bonds. The van der Waals surface area contributed by atoms with Crippen molar-refractivity contribution in [2.75, 3.05) is 11.8 Å². The van der Waals surface area contributed by atoms with Crippen molar-refractivity contribution < 1.29 is 18.3 Å². The SMILES string of the molecule is COc1ccc(NS(=O)(=O)c2cc(CO)ccc2Br)cn1. The zero-order valence-electron chi connectivity index (χ0n) is 11.1. The average Bonchev–Trinajstić information content (AvgIpc) is 2.48. The molecule has 0 atom stereocenters. The Morgan fingerprint density at radius 1 is 1.33 bits per heavy atom. The van der Waals surface area contributed by atoms with Gasteiger partial charge in [-0.15, -0.1) is 0 Å². The molecule has 0 aliphatic rings. The number of sulfonamides is 1. The van der Waals surface area contributed by atoms with E-state index >= 15 is 0 Å². The number of aromatic nitrogens is 1. The normalized spacial score (nSPS) is 11.2. The summed E-state index contributed by atoms with van der Waals surface area (Å²) in [6, 6.07) is 7.72. The lowest BCUT2D eigenvalue weighted by Crippen LogP contribution is -2.14. The highest BCUT2D eigenvalue weighted by molar-refractivity contribution is 9.10. The molecule has 0 fully saturated rings. The first kappa shape index (κ1) is 15.7. The van der Waals surface area contributed by atoms with Gasteiger partial charge >= 0.3 is 0 Å². The third-order valence-corrected chi connectivity index (χ3v) is 5.04. The molecule has 112 valence electrons. The Hall–Kier alpha value is -1.64. The number of aliphatic hydroxyl groups is 1. The fourth-order valence-corrected chi connectivity index (χ4v) is 3.68. The van der Waals surface area contributed by atoms with Crippen LogP contribution in [-0.4, -0.2) is 25.6 Å². The number of ether oxygens (including phenoxy) is 1. The number of benzene rings is 1. The molecule has 2 aromatic rings. The predicted molar refractivity (Wildman–Crippen MR) is 81.7 cm³/mol. The largest absolute Gasteiger partial charge is 0.481 e. The molecular formula is C13H13BrN2O4S. The first-order valence-electron chi connectivity index (χ1n) is 5.88. The Bertz CT molecular complexity index is 732. The second kappa shape index (κ2) is 6.42. The van der Waals surface area contributed by atoms with Gasteiger partial charge in [0.15, 0.2) is 0 Å². The molecule has 0 aliphatic heterocycles. The number of halogens is 1. The topological polar surface area (TPSA) is 88.5 Å². The van der Waals surface area contributed by atoms with Crippen LogP contribution in [-0.2, 0) is 16.6 Å². The van der Waals surface area contributed by atoms with Crippen LogP contribution in [0, 0.1) is 0 Å². The fraction of sp³-hybridized carbons (Fsp3) is 0.154. The summed E-state index contributed by atoms with van der Waals surface area (Å²) in [4.78, 5) is 3.98. The zero-order chi connectivity index (χ0) is 15.5. The van der Waals surface area contributed by atoms with Crippen LogP contribution >= 0.6 is 15.9 Å². The van der Waals surface area contributed by atoms with E-state index in [1.807, 2.05) is 0 Å². The average molecular weight is 373 g/mol. The van der Waals surface area contributed by atoms with E-state index in [-0.39, 0.29) is 11.5 Å². The second-order valence-electron chi connectivity index (χ2n) is 4.12. The molecule has 2 rings (SSSR count). The Labute approximate surface area is 131 Å². The van der Waals surface area contributed by atoms with E-state index in [9.17, 15) is 8.42 Å². The molecular weight excluding hydrogens is 360 g/mol. The lowest BCUT2D eigenvalue weighted by atomic mass is 10.2. The number of methoxy groups -OCH3 is 1. The number of hydrogen-bond acceptors (Lipinski definition) is 5. The molecule has 0 radical (unpaired) electrons. The highest BCUT2D eigenvalue weighted by Crippen LogP contribution is 2.25. The minimum atomic E-state index is -3.78. The van der Waals surface area contributed by atoms with Gasteiger partial charge in [0.1, 0.15) is 4.90 Å². The Morgan fingerprint density at radius 3 is 2.67 bits per heavy atom. The van der Waals surface area contributed by atoms with Gasteiger partial charge in [0.05, 0.1) is 25.6 Å². The maximum absolute atomic E-state index is 12.4. The van der Waals surface area contributed by atoms with Crippen molar-refractivity contribution in [3.8, 4) is 5.88 Å². The molecule has 6 nitrogen and oxygen atoms in total. The maximum atomic E-state index is 12.4. The quantitative estimate of drug-likeness (QED) is 0.839. The zero-order valence-corrected chi connectivity index (χ0v) is 13.5. The van der Waals surface area contributed by atoms with Gasteiger partial charge in [-0.25, -0.2) is 13.4 Å². The number of nitrogens with zero attached hydrogens (tertiary/aromatic N) is 1. The van der Waals surface area contributed by atoms with Gasteiger partial charge in [0, 0.05) is 10.5 Å². The first-order chi connectivity index (χ1) is 9.96. The number of aliphatic hydroxyl groups excluding tert-OH is 1. The minimum Gasteiger partial charge on any atom is -0.481 e. The summed E-state index contributed by atoms with van der Waals surface area (Å²) in [5.74, 6) is 0.390. The third-order valence-electron chi connectivity index (χ3n) is 2.67. The van der Waals surface area contributed by atoms with Crippen molar-refractivity contribution in [2.45, 2.75) is 11.5 Å². The lowest BCUT2D eigenvalue weighted by Gasteiger charge is -2.10. The summed E-state index contributed by atoms with van der Waals surface area (Å²) in [6.45, 7) is -0.236. The summed E-state index contributed by atoms with van der Waals surface area (Å²) in [6.07, 6.45) is 1.36. The van der Waals surface area contributed by atoms with Crippen molar-refractivity contribution in [2.24, 2.45) is 0 Å². The van der Waals surface area contributed by atoms with Gasteiger partial charge in [-0.1, -0.05) is 6.07 Å². The smallest absolute Gasteiger partial charge is 0.263 e. The van der Waals surface area contributed by atoms with Crippen molar-refractivity contribution in [3.05, 3.63) is 46.6 Å². The van der Waals surface area contributed by atoms with Crippen LogP contribution in [0.4, 0.5) is 5.69 Å². The van der Waals surface area contributed by atoms with E-state index in [1.54, 1.807) is 24.3 Å². The van der Waals surface area contributed by atoms with Gasteiger partial charge in [-0.2, -0.15) is 0 Å². The Kier molecular flexibility index (Phi) is 4.81. The molecule has 0 bridgehead atoms. The second-order valence-corrected chi connectivity index (χ2v) is 6.62. The van der Waals surface area contributed by atoms with Crippen molar-refractivity contribution in [3.63, 3.8) is 0 Å². The van der Waals surface area contributed by atoms with Crippen LogP contribution in [0.25, 0.3) is 0 Å². The number of rotatable bonds is 5. The number of hydrogen-bond donors (Lipinski definition) is 2. The number of anilines is 1. The van der Waals surface area contributed by atoms with Crippen LogP contribution in [0.15, 0.2) is 45.9 Å². The molecule has 8 heteroatoms. The van der Waals surface area contributed by atoms with Crippen LogP contribution in [0.1, 0.15) is 5.56 Å². The van der Waals surface area contributed by atoms with Gasteiger partial charge in [-0.3, -0.25) is 4.72 Å². The highest BCUT2D eigenvalue weighted by atomic mass is 79.9. The summed E-state index contributed by atoms with van der Waals surface area (Å²) in [7, 11) is -2.31. The van der Waals surface area contributed by atoms with E-state index < -0.39 is 10.0 Å². The first-order valence-corrected chi connectivity index (χ1v) is 8.16. The third kappa shape index (κ3) is 3.72. The molecule has 1 heterocycles. The lowest BCUT2D eigenvalue weighted by molar-refractivity contribution is 0.281. The predicted octanol–water partition coefficient (Wildman–Crippen LogP) is 2.15. The summed E-state index contributed by atoms with van der Waals surface area (Å²) >= 11 is 3.20. The van der Waals surface area contributed by atoms with Crippen molar-refractivity contribution >= 4 is 31.6 Å². The maximum Gasteiger partial charge on any atom is 0.263 e. The van der Waals surface area contributed by atoms with Crippen LogP contribution < -0.4 is 9.46 Å². The summed E-state index contributed by atoms with van der Waals surface area (Å²) in [5.41, 5.74) is 0.823. The molecule has 2 N–H and O–H groups in total. The van der Waals surface area contributed by atoms with Gasteiger partial charge in [-0.05, 0) is 39.7 Å². The number of nitrogens with one attached hydrogen (secondary N) is 1. The molecule has 21 heavy (non-hydrogen) atoms. The van der Waals surface area contributed by atoms with E-state index in [0.29, 0.717) is 21.6 Å². The fourth-order valence-electron chi connectivity index (χ4n) is 1.62. The van der Waals surface area contributed by atoms with E-state index in [4.69, 9.17) is 9.84 Å². The molecule has 0 aliphatic carbocycles. The van der Waals surface area contributed by atoms with Crippen LogP contribution in [0.2, 0.25) is 0 Å². The molecule has 1 aromatic carbocycles. The molecule has 0 spiro atoms. The summed E-state index contributed by atoms with van der Waals surface area (Å²) in [5, 5.41) is 9.11. The summed E-state index contributed by atoms with van der Waals surface area (Å²) < 4.78 is 32.5. The standard InChI is InChI=1S/C13H13BrN2O4S/c1-20-13-5-3-10(7-15-13)16-21(18,19)12-6-9(8-17)2-4-11(12)14/h2-7,16-17H,8H2,1H3. The van der Waals surface area contributed by atoms with E-state index in [2.05, 4.69) is 25.6 Å². The van der Waals surface area contributed by atoms with Crippen LogP contribution in [0.3, 0.4) is 0 Å². The van der Waals surface area contributed by atoms with Gasteiger partial charge < -0.3 is 9.84 Å². The van der Waals surface area contributed by atoms with Gasteiger partial charge in [0.25, 0.3) is 10.0 Å². The highest BCUT2D eigenvalue weighted by Gasteiger charge is 2.18. The molecule has 0 saturated carbocycles. The van der Waals surface area contributed by atoms with Crippen molar-refractivity contribution in [1.82, 2.24) is 4.98 Å². The molecule has 0 unspecified atom stereocenters. The number of pyridine rings is 1. The molecule has 1 aromatic heterocycles. The molecule has 0 saturated heterocycles. The van der Waals surface area contributed by atoms with E-state index in [1.165, 1.54) is 19.4 Å².